The Kier molecular flexibility index (Phi) is 4.15. The summed E-state index contributed by atoms with van der Waals surface area (Å²) in [4.78, 5) is 0. The second-order valence-electron chi connectivity index (χ2n) is 5.78. The topological polar surface area (TPSA) is 56.7 Å². The summed E-state index contributed by atoms with van der Waals surface area (Å²) in [5.41, 5.74) is 5.93. The molecular weight excluding hydrogens is 212 g/mol. The number of nitrogens with two attached hydrogens (primary N) is 1. The van der Waals surface area contributed by atoms with Gasteiger partial charge in [0.1, 0.15) is 12.2 Å². The van der Waals surface area contributed by atoms with Gasteiger partial charge in [0.2, 0.25) is 0 Å². The van der Waals surface area contributed by atoms with Gasteiger partial charge in [-0.2, -0.15) is 0 Å². The normalized spacial score (nSPS) is 25.4. The molecule has 1 fully saturated rings. The first kappa shape index (κ1) is 12.6. The molecule has 0 atom stereocenters. The highest BCUT2D eigenvalue weighted by atomic mass is 15.3. The maximum absolute atomic E-state index is 5.93. The first-order valence-corrected chi connectivity index (χ1v) is 6.77. The van der Waals surface area contributed by atoms with Crippen LogP contribution >= 0.6 is 0 Å². The van der Waals surface area contributed by atoms with Crippen molar-refractivity contribution < 1.29 is 0 Å². The van der Waals surface area contributed by atoms with E-state index < -0.39 is 0 Å². The summed E-state index contributed by atoms with van der Waals surface area (Å²) in [6.45, 7) is 5.47. The molecule has 0 aliphatic heterocycles. The molecule has 0 saturated heterocycles. The van der Waals surface area contributed by atoms with Gasteiger partial charge in [0.25, 0.3) is 0 Å². The number of hydrogen-bond acceptors (Lipinski definition) is 3. The van der Waals surface area contributed by atoms with Crippen molar-refractivity contribution in [2.45, 2.75) is 58.5 Å². The summed E-state index contributed by atoms with van der Waals surface area (Å²) in [5, 5.41) is 8.31. The molecule has 17 heavy (non-hydrogen) atoms. The quantitative estimate of drug-likeness (QED) is 0.870. The standard InChI is InChI=1S/C13H24N4/c1-10(2)8-17-9-15-16-13(17)7-11-3-5-12(14)6-4-11/h9-12H,3-8,14H2,1-2H3. The molecule has 0 spiro atoms. The van der Waals surface area contributed by atoms with Gasteiger partial charge >= 0.3 is 0 Å². The maximum atomic E-state index is 5.93. The highest BCUT2D eigenvalue weighted by Crippen LogP contribution is 2.25. The zero-order chi connectivity index (χ0) is 12.3. The highest BCUT2D eigenvalue weighted by Gasteiger charge is 2.20. The number of aromatic nitrogens is 3. The third-order valence-electron chi connectivity index (χ3n) is 3.62. The smallest absolute Gasteiger partial charge is 0.133 e. The Morgan fingerprint density at radius 3 is 2.71 bits per heavy atom. The second kappa shape index (κ2) is 5.63. The van der Waals surface area contributed by atoms with Gasteiger partial charge in [-0.25, -0.2) is 0 Å². The van der Waals surface area contributed by atoms with E-state index in [2.05, 4.69) is 28.6 Å². The molecule has 0 bridgehead atoms. The van der Waals surface area contributed by atoms with Crippen molar-refractivity contribution in [3.05, 3.63) is 12.2 Å². The average molecular weight is 236 g/mol. The van der Waals surface area contributed by atoms with Crippen LogP contribution in [0.3, 0.4) is 0 Å². The van der Waals surface area contributed by atoms with Crippen LogP contribution in [-0.4, -0.2) is 20.8 Å². The molecule has 1 aliphatic rings. The Labute approximate surface area is 104 Å². The van der Waals surface area contributed by atoms with E-state index in [9.17, 15) is 0 Å². The van der Waals surface area contributed by atoms with Crippen LogP contribution in [0.15, 0.2) is 6.33 Å². The van der Waals surface area contributed by atoms with Crippen molar-refractivity contribution in [3.63, 3.8) is 0 Å². The van der Waals surface area contributed by atoms with Crippen molar-refractivity contribution in [3.8, 4) is 0 Å². The van der Waals surface area contributed by atoms with Gasteiger partial charge in [0.15, 0.2) is 0 Å². The highest BCUT2D eigenvalue weighted by molar-refractivity contribution is 4.90. The van der Waals surface area contributed by atoms with Gasteiger partial charge < -0.3 is 10.3 Å². The Hall–Kier alpha value is -0.900. The van der Waals surface area contributed by atoms with Gasteiger partial charge in [-0.15, -0.1) is 10.2 Å². The van der Waals surface area contributed by atoms with Crippen LogP contribution in [0, 0.1) is 11.8 Å². The molecule has 4 heteroatoms. The SMILES string of the molecule is CC(C)Cn1cnnc1CC1CCC(N)CC1. The zero-order valence-electron chi connectivity index (χ0n) is 11.0. The van der Waals surface area contributed by atoms with Crippen LogP contribution in [0.2, 0.25) is 0 Å². The van der Waals surface area contributed by atoms with Crippen molar-refractivity contribution in [2.24, 2.45) is 17.6 Å². The molecule has 2 rings (SSSR count). The van der Waals surface area contributed by atoms with Gasteiger partial charge in [-0.3, -0.25) is 0 Å². The van der Waals surface area contributed by atoms with Crippen LogP contribution < -0.4 is 5.73 Å². The molecule has 1 aromatic heterocycles. The summed E-state index contributed by atoms with van der Waals surface area (Å²) >= 11 is 0. The lowest BCUT2D eigenvalue weighted by Crippen LogP contribution is -2.27. The number of hydrogen-bond donors (Lipinski definition) is 1. The lowest BCUT2D eigenvalue weighted by molar-refractivity contribution is 0.316. The molecule has 0 unspecified atom stereocenters. The van der Waals surface area contributed by atoms with Crippen molar-refractivity contribution in [2.75, 3.05) is 0 Å². The fraction of sp³-hybridized carbons (Fsp3) is 0.846. The third-order valence-corrected chi connectivity index (χ3v) is 3.62. The molecule has 1 saturated carbocycles. The Morgan fingerprint density at radius 1 is 1.35 bits per heavy atom. The third kappa shape index (κ3) is 3.53. The second-order valence-corrected chi connectivity index (χ2v) is 5.78. The van der Waals surface area contributed by atoms with E-state index in [4.69, 9.17) is 5.73 Å². The predicted octanol–water partition coefficient (Wildman–Crippen LogP) is 1.99. The molecule has 0 aromatic carbocycles. The summed E-state index contributed by atoms with van der Waals surface area (Å²) in [5.74, 6) is 2.55. The van der Waals surface area contributed by atoms with Gasteiger partial charge in [-0.05, 0) is 37.5 Å². The molecule has 96 valence electrons. The van der Waals surface area contributed by atoms with E-state index >= 15 is 0 Å². The van der Waals surface area contributed by atoms with E-state index in [0.717, 1.165) is 24.7 Å². The minimum absolute atomic E-state index is 0.430. The lowest BCUT2D eigenvalue weighted by atomic mass is 9.84. The molecule has 0 amide bonds. The van der Waals surface area contributed by atoms with E-state index in [1.807, 2.05) is 6.33 Å². The van der Waals surface area contributed by atoms with Gasteiger partial charge in [0, 0.05) is 19.0 Å². The monoisotopic (exact) mass is 236 g/mol. The molecule has 0 radical (unpaired) electrons. The summed E-state index contributed by atoms with van der Waals surface area (Å²) in [7, 11) is 0. The zero-order valence-corrected chi connectivity index (χ0v) is 11.0. The van der Waals surface area contributed by atoms with Crippen LogP contribution in [0.25, 0.3) is 0 Å². The van der Waals surface area contributed by atoms with Crippen LogP contribution in [-0.2, 0) is 13.0 Å². The van der Waals surface area contributed by atoms with Crippen LogP contribution in [0.5, 0.6) is 0 Å². The summed E-state index contributed by atoms with van der Waals surface area (Å²) in [6.07, 6.45) is 7.76. The molecule has 1 aliphatic carbocycles. The Balaban J connectivity index is 1.92. The molecule has 4 nitrogen and oxygen atoms in total. The van der Waals surface area contributed by atoms with Crippen LogP contribution in [0.1, 0.15) is 45.4 Å². The average Bonchev–Trinajstić information content (AvgIpc) is 2.68. The fourth-order valence-corrected chi connectivity index (χ4v) is 2.63. The Bertz CT molecular complexity index is 337. The predicted molar refractivity (Wildman–Crippen MR) is 68.5 cm³/mol. The molecule has 2 N–H and O–H groups in total. The first-order chi connectivity index (χ1) is 8.15. The molecular formula is C13H24N4. The largest absolute Gasteiger partial charge is 0.328 e. The van der Waals surface area contributed by atoms with Crippen LogP contribution in [0.4, 0.5) is 0 Å². The fourth-order valence-electron chi connectivity index (χ4n) is 2.63. The first-order valence-electron chi connectivity index (χ1n) is 6.77. The van der Waals surface area contributed by atoms with Gasteiger partial charge in [0.05, 0.1) is 0 Å². The maximum Gasteiger partial charge on any atom is 0.133 e. The lowest BCUT2D eigenvalue weighted by Gasteiger charge is -2.25. The van der Waals surface area contributed by atoms with E-state index in [-0.39, 0.29) is 0 Å². The minimum Gasteiger partial charge on any atom is -0.328 e. The van der Waals surface area contributed by atoms with Gasteiger partial charge in [-0.1, -0.05) is 13.8 Å². The van der Waals surface area contributed by atoms with Crippen molar-refractivity contribution >= 4 is 0 Å². The molecule has 1 aromatic rings. The van der Waals surface area contributed by atoms with E-state index in [1.54, 1.807) is 0 Å². The van der Waals surface area contributed by atoms with E-state index in [0.29, 0.717) is 12.0 Å². The summed E-state index contributed by atoms with van der Waals surface area (Å²) in [6, 6.07) is 0.430. The number of nitrogens with zero attached hydrogens (tertiary/aromatic N) is 3. The Morgan fingerprint density at radius 2 is 2.06 bits per heavy atom. The minimum atomic E-state index is 0.430. The number of rotatable bonds is 4. The molecule has 1 heterocycles. The van der Waals surface area contributed by atoms with Crippen molar-refractivity contribution in [1.29, 1.82) is 0 Å². The van der Waals surface area contributed by atoms with E-state index in [1.165, 1.54) is 25.7 Å². The van der Waals surface area contributed by atoms with Crippen molar-refractivity contribution in [1.82, 2.24) is 14.8 Å². The summed E-state index contributed by atoms with van der Waals surface area (Å²) < 4.78 is 2.21.